The molecule has 36 heavy (non-hydrogen) atoms. The second-order valence-electron chi connectivity index (χ2n) is 8.61. The van der Waals surface area contributed by atoms with Crippen molar-refractivity contribution < 1.29 is 27.8 Å². The Kier molecular flexibility index (Phi) is 8.22. The Hall–Kier alpha value is -3.85. The summed E-state index contributed by atoms with van der Waals surface area (Å²) in [6, 6.07) is 15.9. The lowest BCUT2D eigenvalue weighted by Gasteiger charge is -2.25. The Bertz CT molecular complexity index is 1190. The van der Waals surface area contributed by atoms with E-state index < -0.39 is 23.6 Å². The highest BCUT2D eigenvalue weighted by Crippen LogP contribution is 2.18. The van der Waals surface area contributed by atoms with Crippen molar-refractivity contribution in [2.45, 2.75) is 25.7 Å². The maximum absolute atomic E-state index is 13.6. The van der Waals surface area contributed by atoms with Gasteiger partial charge in [0, 0.05) is 25.4 Å². The zero-order valence-electron chi connectivity index (χ0n) is 19.9. The van der Waals surface area contributed by atoms with E-state index in [4.69, 9.17) is 9.47 Å². The number of pyridine rings is 1. The van der Waals surface area contributed by atoms with Crippen molar-refractivity contribution in [3.63, 3.8) is 0 Å². The van der Waals surface area contributed by atoms with E-state index in [1.807, 2.05) is 36.4 Å². The number of halogens is 2. The molecule has 1 aliphatic heterocycles. The fraction of sp³-hybridized carbons (Fsp3) is 0.296. The average molecular weight is 496 g/mol. The van der Waals surface area contributed by atoms with Gasteiger partial charge in [-0.15, -0.1) is 0 Å². The molecule has 3 aromatic rings. The van der Waals surface area contributed by atoms with Crippen molar-refractivity contribution in [1.29, 1.82) is 0 Å². The molecular formula is C27H27F2N3O4. The molecule has 0 aliphatic carbocycles. The number of benzene rings is 2. The third-order valence-electron chi connectivity index (χ3n) is 5.86. The Balaban J connectivity index is 1.51. The van der Waals surface area contributed by atoms with Crippen LogP contribution in [0.15, 0.2) is 66.9 Å². The number of rotatable bonds is 8. The second-order valence-corrected chi connectivity index (χ2v) is 8.61. The summed E-state index contributed by atoms with van der Waals surface area (Å²) >= 11 is 0. The first kappa shape index (κ1) is 25.2. The largest absolute Gasteiger partial charge is 0.497 e. The van der Waals surface area contributed by atoms with Crippen LogP contribution in [0.1, 0.15) is 16.8 Å². The van der Waals surface area contributed by atoms with Crippen molar-refractivity contribution in [2.75, 3.05) is 26.7 Å². The third kappa shape index (κ3) is 6.85. The summed E-state index contributed by atoms with van der Waals surface area (Å²) in [5.41, 5.74) is 1.80. The fourth-order valence-corrected chi connectivity index (χ4v) is 4.09. The Morgan fingerprint density at radius 1 is 1.03 bits per heavy atom. The lowest BCUT2D eigenvalue weighted by Crippen LogP contribution is -2.40. The molecule has 0 N–H and O–H groups in total. The highest BCUT2D eigenvalue weighted by Gasteiger charge is 2.31. The number of aromatic nitrogens is 1. The van der Waals surface area contributed by atoms with Gasteiger partial charge < -0.3 is 19.3 Å². The minimum atomic E-state index is -0.759. The van der Waals surface area contributed by atoms with E-state index >= 15 is 0 Å². The maximum atomic E-state index is 13.6. The normalized spacial score (nSPS) is 16.1. The summed E-state index contributed by atoms with van der Waals surface area (Å²) < 4.78 is 38.7. The molecule has 7 nitrogen and oxygen atoms in total. The highest BCUT2D eigenvalue weighted by molar-refractivity contribution is 5.86. The molecule has 2 amide bonds. The predicted octanol–water partition coefficient (Wildman–Crippen LogP) is 3.37. The van der Waals surface area contributed by atoms with E-state index in [-0.39, 0.29) is 50.7 Å². The number of ether oxygens (including phenoxy) is 2. The molecule has 2 aromatic carbocycles. The fourth-order valence-electron chi connectivity index (χ4n) is 4.09. The number of carbonyl (C=O) groups is 2. The average Bonchev–Trinajstić information content (AvgIpc) is 3.01. The highest BCUT2D eigenvalue weighted by atomic mass is 19.1. The lowest BCUT2D eigenvalue weighted by molar-refractivity contribution is -0.138. The molecule has 0 unspecified atom stereocenters. The van der Waals surface area contributed by atoms with Gasteiger partial charge in [-0.25, -0.2) is 8.78 Å². The van der Waals surface area contributed by atoms with Gasteiger partial charge in [-0.2, -0.15) is 0 Å². The van der Waals surface area contributed by atoms with Gasteiger partial charge in [-0.3, -0.25) is 14.6 Å². The Morgan fingerprint density at radius 2 is 1.83 bits per heavy atom. The molecule has 1 aliphatic rings. The van der Waals surface area contributed by atoms with Crippen LogP contribution in [0, 0.1) is 11.6 Å². The molecule has 0 spiro atoms. The summed E-state index contributed by atoms with van der Waals surface area (Å²) in [5, 5.41) is 0. The zero-order chi connectivity index (χ0) is 25.5. The van der Waals surface area contributed by atoms with Crippen LogP contribution in [0.2, 0.25) is 0 Å². The van der Waals surface area contributed by atoms with Crippen molar-refractivity contribution in [2.24, 2.45) is 0 Å². The molecule has 1 aromatic heterocycles. The second kappa shape index (κ2) is 11.7. The van der Waals surface area contributed by atoms with Gasteiger partial charge in [-0.1, -0.05) is 18.2 Å². The van der Waals surface area contributed by atoms with E-state index in [1.54, 1.807) is 24.3 Å². The standard InChI is InChI=1S/C27H27F2N3O4/c1-35-24-7-4-5-19(11-24)18-36-25-15-31(14-23-6-2-3-8-30-23)27(34)17-32(16-25)26(33)12-20-9-21(28)13-22(29)10-20/h2-11,13,25H,12,14-18H2,1H3/t25-/m1/s1. The van der Waals surface area contributed by atoms with Crippen molar-refractivity contribution in [1.82, 2.24) is 14.8 Å². The molecule has 2 heterocycles. The first-order valence-electron chi connectivity index (χ1n) is 11.5. The minimum Gasteiger partial charge on any atom is -0.497 e. The molecular weight excluding hydrogens is 468 g/mol. The van der Waals surface area contributed by atoms with Crippen LogP contribution >= 0.6 is 0 Å². The molecule has 0 saturated carbocycles. The smallest absolute Gasteiger partial charge is 0.242 e. The minimum absolute atomic E-state index is 0.158. The molecule has 4 rings (SSSR count). The van der Waals surface area contributed by atoms with Crippen LogP contribution in [0.3, 0.4) is 0 Å². The van der Waals surface area contributed by atoms with Crippen LogP contribution in [0.25, 0.3) is 0 Å². The number of hydrogen-bond acceptors (Lipinski definition) is 5. The van der Waals surface area contributed by atoms with Gasteiger partial charge in [0.2, 0.25) is 11.8 Å². The monoisotopic (exact) mass is 495 g/mol. The number of hydrogen-bond donors (Lipinski definition) is 0. The number of nitrogens with zero attached hydrogens (tertiary/aromatic N) is 3. The van der Waals surface area contributed by atoms with Gasteiger partial charge in [0.15, 0.2) is 0 Å². The molecule has 1 atom stereocenters. The van der Waals surface area contributed by atoms with Crippen molar-refractivity contribution >= 4 is 11.8 Å². The van der Waals surface area contributed by atoms with Crippen LogP contribution in [0.5, 0.6) is 5.75 Å². The summed E-state index contributed by atoms with van der Waals surface area (Å²) in [7, 11) is 1.58. The van der Waals surface area contributed by atoms with Crippen LogP contribution in [-0.4, -0.2) is 59.4 Å². The molecule has 0 bridgehead atoms. The van der Waals surface area contributed by atoms with Crippen molar-refractivity contribution in [3.05, 3.63) is 95.3 Å². The van der Waals surface area contributed by atoms with Gasteiger partial charge in [0.25, 0.3) is 0 Å². The molecule has 1 saturated heterocycles. The van der Waals surface area contributed by atoms with Gasteiger partial charge in [0.05, 0.1) is 45.0 Å². The van der Waals surface area contributed by atoms with E-state index in [0.717, 1.165) is 23.8 Å². The first-order valence-corrected chi connectivity index (χ1v) is 11.5. The summed E-state index contributed by atoms with van der Waals surface area (Å²) in [6.45, 7) is 0.783. The van der Waals surface area contributed by atoms with E-state index in [0.29, 0.717) is 11.4 Å². The molecule has 9 heteroatoms. The van der Waals surface area contributed by atoms with Gasteiger partial charge in [0.1, 0.15) is 17.4 Å². The lowest BCUT2D eigenvalue weighted by atomic mass is 10.1. The quantitative estimate of drug-likeness (QED) is 0.479. The van der Waals surface area contributed by atoms with Gasteiger partial charge >= 0.3 is 0 Å². The SMILES string of the molecule is COc1cccc(CO[C@H]2CN(C(=O)Cc3cc(F)cc(F)c3)CC(=O)N(Cc3ccccn3)C2)c1. The van der Waals surface area contributed by atoms with E-state index in [1.165, 1.54) is 4.90 Å². The van der Waals surface area contributed by atoms with Crippen LogP contribution in [0.4, 0.5) is 8.78 Å². The maximum Gasteiger partial charge on any atom is 0.242 e. The Morgan fingerprint density at radius 3 is 2.56 bits per heavy atom. The summed E-state index contributed by atoms with van der Waals surface area (Å²) in [6.07, 6.45) is 0.937. The topological polar surface area (TPSA) is 72.0 Å². The first-order chi connectivity index (χ1) is 17.4. The molecule has 0 radical (unpaired) electrons. The molecule has 1 fully saturated rings. The number of carbonyl (C=O) groups excluding carboxylic acids is 2. The zero-order valence-corrected chi connectivity index (χ0v) is 19.9. The number of methoxy groups -OCH3 is 1. The molecule has 188 valence electrons. The van der Waals surface area contributed by atoms with E-state index in [9.17, 15) is 18.4 Å². The third-order valence-corrected chi connectivity index (χ3v) is 5.86. The van der Waals surface area contributed by atoms with Crippen molar-refractivity contribution in [3.8, 4) is 5.75 Å². The van der Waals surface area contributed by atoms with Crippen LogP contribution < -0.4 is 4.74 Å². The summed E-state index contributed by atoms with van der Waals surface area (Å²) in [5.74, 6) is -1.49. The number of amides is 2. The summed E-state index contributed by atoms with van der Waals surface area (Å²) in [4.78, 5) is 33.5. The predicted molar refractivity (Wildman–Crippen MR) is 128 cm³/mol. The Labute approximate surface area is 208 Å². The van der Waals surface area contributed by atoms with Gasteiger partial charge in [-0.05, 0) is 47.5 Å². The van der Waals surface area contributed by atoms with E-state index in [2.05, 4.69) is 4.98 Å². The van der Waals surface area contributed by atoms with Crippen LogP contribution in [-0.2, 0) is 33.9 Å².